The van der Waals surface area contributed by atoms with Crippen LogP contribution in [0.15, 0.2) is 12.3 Å². The van der Waals surface area contributed by atoms with Gasteiger partial charge in [-0.2, -0.15) is 4.39 Å². The first kappa shape index (κ1) is 4.30. The van der Waals surface area contributed by atoms with Gasteiger partial charge in [-0.25, -0.2) is 0 Å². The minimum atomic E-state index is -1.74. The fourth-order valence-corrected chi connectivity index (χ4v) is 0.318. The molecule has 0 saturated heterocycles. The van der Waals surface area contributed by atoms with E-state index in [9.17, 15) is 9.18 Å². The van der Waals surface area contributed by atoms with Gasteiger partial charge in [0.05, 0.1) is 6.26 Å². The van der Waals surface area contributed by atoms with Gasteiger partial charge in [-0.05, 0) is 0 Å². The minimum absolute atomic E-state index is 0.611. The zero-order valence-corrected chi connectivity index (χ0v) is 3.43. The van der Waals surface area contributed by atoms with Gasteiger partial charge in [0.15, 0.2) is 0 Å². The molecule has 38 valence electrons. The lowest BCUT2D eigenvalue weighted by Crippen LogP contribution is -2.07. The second-order valence-electron chi connectivity index (χ2n) is 1.16. The minimum Gasteiger partial charge on any atom is -0.461 e. The maximum Gasteiger partial charge on any atom is 0.300 e. The number of ether oxygens (including phenoxy) is 1. The highest BCUT2D eigenvalue weighted by atomic mass is 19.1. The topological polar surface area (TPSA) is 26.3 Å². The van der Waals surface area contributed by atoms with Crippen molar-refractivity contribution in [3.05, 3.63) is 12.3 Å². The molecule has 0 aromatic rings. The third kappa shape index (κ3) is 0.607. The van der Waals surface area contributed by atoms with Crippen molar-refractivity contribution in [2.24, 2.45) is 0 Å². The molecule has 1 unspecified atom stereocenters. The van der Waals surface area contributed by atoms with Gasteiger partial charge in [0, 0.05) is 6.08 Å². The monoisotopic (exact) mass is 102 g/mol. The lowest BCUT2D eigenvalue weighted by Gasteiger charge is -1.91. The van der Waals surface area contributed by atoms with E-state index in [0.29, 0.717) is 0 Å². The number of carbonyl (C=O) groups excluding carboxylic acids is 1. The summed E-state index contributed by atoms with van der Waals surface area (Å²) in [7, 11) is 0. The predicted octanol–water partition coefficient (Wildman–Crippen LogP) is 0.395. The smallest absolute Gasteiger partial charge is 0.300 e. The van der Waals surface area contributed by atoms with E-state index in [2.05, 4.69) is 4.74 Å². The predicted molar refractivity (Wildman–Crippen MR) is 20.1 cm³/mol. The molecule has 1 aliphatic rings. The van der Waals surface area contributed by atoms with Crippen molar-refractivity contribution in [3.63, 3.8) is 0 Å². The Hall–Kier alpha value is -0.860. The van der Waals surface area contributed by atoms with Gasteiger partial charge in [0.1, 0.15) is 0 Å². The summed E-state index contributed by atoms with van der Waals surface area (Å²) in [6, 6.07) is 0. The van der Waals surface area contributed by atoms with E-state index < -0.39 is 12.1 Å². The molecule has 1 aliphatic heterocycles. The third-order valence-corrected chi connectivity index (χ3v) is 0.654. The summed E-state index contributed by atoms with van der Waals surface area (Å²) >= 11 is 0. The van der Waals surface area contributed by atoms with E-state index in [1.807, 2.05) is 0 Å². The zero-order chi connectivity index (χ0) is 5.28. The molecule has 0 fully saturated rings. The highest BCUT2D eigenvalue weighted by Crippen LogP contribution is 2.04. The van der Waals surface area contributed by atoms with Gasteiger partial charge in [-0.15, -0.1) is 0 Å². The van der Waals surface area contributed by atoms with Crippen LogP contribution in [-0.4, -0.2) is 12.1 Å². The molecule has 0 saturated carbocycles. The number of hydrogen-bond acceptors (Lipinski definition) is 2. The molecule has 0 amide bonds. The van der Waals surface area contributed by atoms with E-state index in [4.69, 9.17) is 0 Å². The van der Waals surface area contributed by atoms with E-state index in [-0.39, 0.29) is 0 Å². The molecule has 3 heteroatoms. The Labute approximate surface area is 39.6 Å². The molecule has 1 heterocycles. The Morgan fingerprint density at radius 1 is 1.86 bits per heavy atom. The van der Waals surface area contributed by atoms with Crippen molar-refractivity contribution in [1.29, 1.82) is 0 Å². The normalized spacial score (nSPS) is 28.1. The van der Waals surface area contributed by atoms with E-state index in [0.717, 1.165) is 12.3 Å². The highest BCUT2D eigenvalue weighted by Gasteiger charge is 2.18. The summed E-state index contributed by atoms with van der Waals surface area (Å²) in [5.74, 6) is -0.611. The second-order valence-corrected chi connectivity index (χ2v) is 1.16. The third-order valence-electron chi connectivity index (χ3n) is 0.654. The number of hydrogen-bond donors (Lipinski definition) is 0. The van der Waals surface area contributed by atoms with Crippen LogP contribution in [0.2, 0.25) is 0 Å². The van der Waals surface area contributed by atoms with Crippen molar-refractivity contribution in [2.75, 3.05) is 0 Å². The molecule has 0 aliphatic carbocycles. The Bertz CT molecular complexity index is 119. The van der Waals surface area contributed by atoms with Crippen LogP contribution in [0.1, 0.15) is 0 Å². The van der Waals surface area contributed by atoms with Gasteiger partial charge in [-0.3, -0.25) is 4.79 Å². The summed E-state index contributed by atoms with van der Waals surface area (Å²) in [6.07, 6.45) is 0.373. The molecular weight excluding hydrogens is 99.0 g/mol. The lowest BCUT2D eigenvalue weighted by molar-refractivity contribution is -0.127. The van der Waals surface area contributed by atoms with Crippen molar-refractivity contribution >= 4 is 5.78 Å². The number of alkyl halides is 1. The molecule has 2 nitrogen and oxygen atoms in total. The van der Waals surface area contributed by atoms with Crippen LogP contribution in [0.4, 0.5) is 4.39 Å². The Balaban J connectivity index is 2.62. The first-order valence-electron chi connectivity index (χ1n) is 1.80. The van der Waals surface area contributed by atoms with Crippen LogP contribution >= 0.6 is 0 Å². The van der Waals surface area contributed by atoms with Crippen LogP contribution in [0.3, 0.4) is 0 Å². The van der Waals surface area contributed by atoms with Crippen molar-refractivity contribution in [1.82, 2.24) is 0 Å². The Kier molecular flexibility index (Phi) is 0.817. The molecular formula is C4H3FO2. The van der Waals surface area contributed by atoms with Crippen LogP contribution in [0, 0.1) is 0 Å². The molecule has 0 bridgehead atoms. The van der Waals surface area contributed by atoms with E-state index in [1.54, 1.807) is 0 Å². The first-order chi connectivity index (χ1) is 3.30. The summed E-state index contributed by atoms with van der Waals surface area (Å²) in [6.45, 7) is 0. The number of carbonyl (C=O) groups is 1. The van der Waals surface area contributed by atoms with Gasteiger partial charge in [-0.1, -0.05) is 0 Å². The van der Waals surface area contributed by atoms with Crippen molar-refractivity contribution in [2.45, 2.75) is 6.36 Å². The standard InChI is InChI=1S/C4H3FO2/c5-4-3(6)1-2-7-4/h1-2,4H. The van der Waals surface area contributed by atoms with Gasteiger partial charge in [0.2, 0.25) is 5.78 Å². The maximum absolute atomic E-state index is 11.7. The molecule has 1 rings (SSSR count). The van der Waals surface area contributed by atoms with Crippen LogP contribution < -0.4 is 0 Å². The maximum atomic E-state index is 11.7. The number of rotatable bonds is 0. The lowest BCUT2D eigenvalue weighted by atomic mass is 10.4. The Morgan fingerprint density at radius 2 is 2.57 bits per heavy atom. The summed E-state index contributed by atoms with van der Waals surface area (Å²) < 4.78 is 15.8. The second kappa shape index (κ2) is 1.33. The highest BCUT2D eigenvalue weighted by molar-refractivity contribution is 5.93. The summed E-state index contributed by atoms with van der Waals surface area (Å²) in [5.41, 5.74) is 0. The van der Waals surface area contributed by atoms with Gasteiger partial charge >= 0.3 is 0 Å². The molecule has 7 heavy (non-hydrogen) atoms. The summed E-state index contributed by atoms with van der Waals surface area (Å²) in [4.78, 5) is 9.99. The molecule has 0 N–H and O–H groups in total. The molecule has 0 spiro atoms. The average molecular weight is 102 g/mol. The van der Waals surface area contributed by atoms with Gasteiger partial charge in [0.25, 0.3) is 6.36 Å². The molecule has 0 aromatic carbocycles. The van der Waals surface area contributed by atoms with Crippen molar-refractivity contribution in [3.8, 4) is 0 Å². The largest absolute Gasteiger partial charge is 0.461 e. The fraction of sp³-hybridized carbons (Fsp3) is 0.250. The fourth-order valence-electron chi connectivity index (χ4n) is 0.318. The first-order valence-corrected chi connectivity index (χ1v) is 1.80. The molecule has 0 radical (unpaired) electrons. The van der Waals surface area contributed by atoms with Crippen LogP contribution in [0.5, 0.6) is 0 Å². The molecule has 1 atom stereocenters. The average Bonchev–Trinajstić information content (AvgIpc) is 1.91. The quantitative estimate of drug-likeness (QED) is 0.442. The number of ketones is 1. The SMILES string of the molecule is O=C1C=COC1F. The Morgan fingerprint density at radius 3 is 2.71 bits per heavy atom. The van der Waals surface area contributed by atoms with Crippen LogP contribution in [0.25, 0.3) is 0 Å². The van der Waals surface area contributed by atoms with Crippen LogP contribution in [-0.2, 0) is 9.53 Å². The zero-order valence-electron chi connectivity index (χ0n) is 3.43. The van der Waals surface area contributed by atoms with Gasteiger partial charge < -0.3 is 4.74 Å². The number of halogens is 1. The van der Waals surface area contributed by atoms with Crippen molar-refractivity contribution < 1.29 is 13.9 Å². The summed E-state index contributed by atoms with van der Waals surface area (Å²) in [5, 5.41) is 0. The van der Waals surface area contributed by atoms with E-state index >= 15 is 0 Å². The van der Waals surface area contributed by atoms with E-state index in [1.165, 1.54) is 0 Å². The molecule has 0 aromatic heterocycles.